The van der Waals surface area contributed by atoms with Crippen molar-refractivity contribution in [3.63, 3.8) is 0 Å². The Balaban J connectivity index is 2.29. The monoisotopic (exact) mass is 138 g/mol. The number of ether oxygens (including phenoxy) is 1. The van der Waals surface area contributed by atoms with Crippen LogP contribution in [0.2, 0.25) is 0 Å². The van der Waals surface area contributed by atoms with Crippen LogP contribution >= 0.6 is 0 Å². The average Bonchev–Trinajstić information content (AvgIpc) is 1.86. The van der Waals surface area contributed by atoms with Crippen LogP contribution in [0.5, 0.6) is 0 Å². The van der Waals surface area contributed by atoms with Gasteiger partial charge in [-0.25, -0.2) is 0 Å². The summed E-state index contributed by atoms with van der Waals surface area (Å²) in [6.07, 6.45) is 8.96. The SMILES string of the molecule is OC12CC=CC(C=CO1)C2. The average molecular weight is 138 g/mol. The van der Waals surface area contributed by atoms with Crippen molar-refractivity contribution in [3.05, 3.63) is 24.5 Å². The number of hydrogen-bond donors (Lipinski definition) is 1. The molecule has 0 aromatic carbocycles. The molecule has 0 amide bonds. The molecule has 10 heavy (non-hydrogen) atoms. The van der Waals surface area contributed by atoms with E-state index in [0.29, 0.717) is 18.8 Å². The van der Waals surface area contributed by atoms with Crippen LogP contribution in [0.3, 0.4) is 0 Å². The van der Waals surface area contributed by atoms with E-state index in [-0.39, 0.29) is 0 Å². The summed E-state index contributed by atoms with van der Waals surface area (Å²) < 4.78 is 5.06. The summed E-state index contributed by atoms with van der Waals surface area (Å²) in [7, 11) is 0. The summed E-state index contributed by atoms with van der Waals surface area (Å²) in [5.41, 5.74) is 0. The molecule has 2 heteroatoms. The summed E-state index contributed by atoms with van der Waals surface area (Å²) in [6.45, 7) is 0. The summed E-state index contributed by atoms with van der Waals surface area (Å²) in [5, 5.41) is 9.58. The fourth-order valence-corrected chi connectivity index (χ4v) is 1.44. The van der Waals surface area contributed by atoms with Gasteiger partial charge in [0.05, 0.1) is 6.26 Å². The van der Waals surface area contributed by atoms with E-state index in [1.54, 1.807) is 6.26 Å². The van der Waals surface area contributed by atoms with Gasteiger partial charge in [-0.3, -0.25) is 0 Å². The summed E-state index contributed by atoms with van der Waals surface area (Å²) in [5.74, 6) is -0.513. The predicted octanol–water partition coefficient (Wildman–Crippen LogP) is 1.19. The first-order valence-corrected chi connectivity index (χ1v) is 3.52. The van der Waals surface area contributed by atoms with Crippen LogP contribution in [0.4, 0.5) is 0 Å². The van der Waals surface area contributed by atoms with Crippen LogP contribution < -0.4 is 0 Å². The lowest BCUT2D eigenvalue weighted by molar-refractivity contribution is -0.182. The largest absolute Gasteiger partial charge is 0.470 e. The van der Waals surface area contributed by atoms with Crippen LogP contribution in [-0.2, 0) is 4.74 Å². The molecule has 1 aliphatic carbocycles. The van der Waals surface area contributed by atoms with E-state index >= 15 is 0 Å². The highest BCUT2D eigenvalue weighted by molar-refractivity contribution is 5.09. The highest BCUT2D eigenvalue weighted by Gasteiger charge is 2.34. The van der Waals surface area contributed by atoms with Crippen molar-refractivity contribution in [2.75, 3.05) is 0 Å². The van der Waals surface area contributed by atoms with Crippen molar-refractivity contribution in [1.29, 1.82) is 0 Å². The van der Waals surface area contributed by atoms with Crippen molar-refractivity contribution >= 4 is 0 Å². The quantitative estimate of drug-likeness (QED) is 0.509. The van der Waals surface area contributed by atoms with Crippen molar-refractivity contribution in [3.8, 4) is 0 Å². The van der Waals surface area contributed by atoms with E-state index in [2.05, 4.69) is 6.08 Å². The first kappa shape index (κ1) is 5.98. The molecule has 2 atom stereocenters. The van der Waals surface area contributed by atoms with Crippen molar-refractivity contribution in [2.45, 2.75) is 18.6 Å². The zero-order valence-electron chi connectivity index (χ0n) is 5.66. The van der Waals surface area contributed by atoms with E-state index in [4.69, 9.17) is 4.74 Å². The van der Waals surface area contributed by atoms with Gasteiger partial charge in [-0.2, -0.15) is 0 Å². The van der Waals surface area contributed by atoms with Gasteiger partial charge in [0.15, 0.2) is 0 Å². The first-order chi connectivity index (χ1) is 4.79. The molecule has 0 aromatic heterocycles. The second-order valence-electron chi connectivity index (χ2n) is 2.89. The molecule has 1 aliphatic heterocycles. The van der Waals surface area contributed by atoms with E-state index in [9.17, 15) is 5.11 Å². The highest BCUT2D eigenvalue weighted by atomic mass is 16.6. The molecule has 0 saturated heterocycles. The smallest absolute Gasteiger partial charge is 0.211 e. The number of allylic oxidation sites excluding steroid dienone is 2. The Morgan fingerprint density at radius 3 is 3.10 bits per heavy atom. The molecule has 0 fully saturated rings. The lowest BCUT2D eigenvalue weighted by Gasteiger charge is -2.34. The fraction of sp³-hybridized carbons (Fsp3) is 0.500. The fourth-order valence-electron chi connectivity index (χ4n) is 1.44. The van der Waals surface area contributed by atoms with Gasteiger partial charge in [0, 0.05) is 18.8 Å². The van der Waals surface area contributed by atoms with Gasteiger partial charge in [-0.1, -0.05) is 12.2 Å². The molecule has 2 nitrogen and oxygen atoms in total. The predicted molar refractivity (Wildman–Crippen MR) is 37.0 cm³/mol. The van der Waals surface area contributed by atoms with Gasteiger partial charge in [0.1, 0.15) is 0 Å². The molecular weight excluding hydrogens is 128 g/mol. The minimum atomic E-state index is -0.895. The molecule has 0 aromatic rings. The lowest BCUT2D eigenvalue weighted by Crippen LogP contribution is -2.36. The first-order valence-electron chi connectivity index (χ1n) is 3.52. The maximum atomic E-state index is 9.58. The van der Waals surface area contributed by atoms with Gasteiger partial charge in [0.25, 0.3) is 0 Å². The Morgan fingerprint density at radius 1 is 1.50 bits per heavy atom. The van der Waals surface area contributed by atoms with Gasteiger partial charge in [-0.15, -0.1) is 0 Å². The summed E-state index contributed by atoms with van der Waals surface area (Å²) in [6, 6.07) is 0. The Labute approximate surface area is 59.8 Å². The van der Waals surface area contributed by atoms with Crippen LogP contribution in [0.1, 0.15) is 12.8 Å². The molecule has 2 unspecified atom stereocenters. The minimum Gasteiger partial charge on any atom is -0.470 e. The Bertz CT molecular complexity index is 177. The Morgan fingerprint density at radius 2 is 2.40 bits per heavy atom. The Kier molecular flexibility index (Phi) is 1.11. The van der Waals surface area contributed by atoms with Crippen molar-refractivity contribution < 1.29 is 9.84 Å². The van der Waals surface area contributed by atoms with Crippen LogP contribution in [0, 0.1) is 5.92 Å². The van der Waals surface area contributed by atoms with Gasteiger partial charge >= 0.3 is 0 Å². The minimum absolute atomic E-state index is 0.382. The van der Waals surface area contributed by atoms with E-state index in [1.807, 2.05) is 12.2 Å². The van der Waals surface area contributed by atoms with Crippen molar-refractivity contribution in [2.24, 2.45) is 5.92 Å². The highest BCUT2D eigenvalue weighted by Crippen LogP contribution is 2.32. The molecule has 54 valence electrons. The van der Waals surface area contributed by atoms with E-state index in [1.165, 1.54) is 0 Å². The number of rotatable bonds is 0. The number of hydrogen-bond acceptors (Lipinski definition) is 2. The topological polar surface area (TPSA) is 29.5 Å². The maximum absolute atomic E-state index is 9.58. The normalized spacial score (nSPS) is 43.1. The Hall–Kier alpha value is -0.760. The summed E-state index contributed by atoms with van der Waals surface area (Å²) >= 11 is 0. The third-order valence-corrected chi connectivity index (χ3v) is 1.99. The molecule has 2 aliphatic rings. The molecule has 1 heterocycles. The second-order valence-corrected chi connectivity index (χ2v) is 2.89. The second kappa shape index (κ2) is 1.86. The molecule has 2 rings (SSSR count). The van der Waals surface area contributed by atoms with Crippen LogP contribution in [0.25, 0.3) is 0 Å². The zero-order valence-corrected chi connectivity index (χ0v) is 5.66. The van der Waals surface area contributed by atoms with E-state index in [0.717, 1.165) is 0 Å². The van der Waals surface area contributed by atoms with Gasteiger partial charge < -0.3 is 9.84 Å². The third-order valence-electron chi connectivity index (χ3n) is 1.99. The van der Waals surface area contributed by atoms with Gasteiger partial charge in [0.2, 0.25) is 5.79 Å². The van der Waals surface area contributed by atoms with Gasteiger partial charge in [-0.05, 0) is 6.08 Å². The van der Waals surface area contributed by atoms with E-state index < -0.39 is 5.79 Å². The molecule has 2 bridgehead atoms. The molecule has 0 saturated carbocycles. The van der Waals surface area contributed by atoms with Crippen molar-refractivity contribution in [1.82, 2.24) is 0 Å². The lowest BCUT2D eigenvalue weighted by atomic mass is 9.89. The molecule has 0 radical (unpaired) electrons. The molecular formula is C8H10O2. The maximum Gasteiger partial charge on any atom is 0.211 e. The standard InChI is InChI=1S/C8H10O2/c9-8-4-1-2-7(6-8)3-5-10-8/h1-3,5,7,9H,4,6H2. The van der Waals surface area contributed by atoms with Crippen LogP contribution in [0.15, 0.2) is 24.5 Å². The summed E-state index contributed by atoms with van der Waals surface area (Å²) in [4.78, 5) is 0. The molecule has 0 spiro atoms. The molecule has 1 N–H and O–H groups in total. The number of fused-ring (bicyclic) bond motifs is 2. The number of aliphatic hydroxyl groups is 1. The zero-order chi connectivity index (χ0) is 7.03. The third kappa shape index (κ3) is 0.847. The van der Waals surface area contributed by atoms with Crippen LogP contribution in [-0.4, -0.2) is 10.9 Å².